The lowest BCUT2D eigenvalue weighted by atomic mass is 10.1. The zero-order valence-electron chi connectivity index (χ0n) is 14.1. The molecule has 1 heterocycles. The van der Waals surface area contributed by atoms with Gasteiger partial charge in [-0.05, 0) is 43.0 Å². The van der Waals surface area contributed by atoms with Crippen LogP contribution in [0.3, 0.4) is 0 Å². The molecule has 1 atom stereocenters. The summed E-state index contributed by atoms with van der Waals surface area (Å²) in [5, 5.41) is 0.366. The molecule has 1 fully saturated rings. The van der Waals surface area contributed by atoms with Gasteiger partial charge in [0.2, 0.25) is 10.0 Å². The van der Waals surface area contributed by atoms with Gasteiger partial charge in [-0.25, -0.2) is 8.42 Å². The van der Waals surface area contributed by atoms with E-state index in [1.54, 1.807) is 10.4 Å². The van der Waals surface area contributed by atoms with Crippen molar-refractivity contribution in [2.75, 3.05) is 18.8 Å². The number of benzene rings is 2. The van der Waals surface area contributed by atoms with Gasteiger partial charge in [0.25, 0.3) is 0 Å². The smallest absolute Gasteiger partial charge is 0.207 e. The van der Waals surface area contributed by atoms with Gasteiger partial charge in [-0.2, -0.15) is 16.1 Å². The average molecular weight is 362 g/mol. The third-order valence-corrected chi connectivity index (χ3v) is 7.80. The summed E-state index contributed by atoms with van der Waals surface area (Å²) >= 11 is 1.85. The normalized spacial score (nSPS) is 19.8. The first-order valence-corrected chi connectivity index (χ1v) is 10.7. The molecule has 0 N–H and O–H groups in total. The van der Waals surface area contributed by atoms with Gasteiger partial charge < -0.3 is 0 Å². The molecule has 5 heteroatoms. The summed E-state index contributed by atoms with van der Waals surface area (Å²) in [5.41, 5.74) is 3.08. The van der Waals surface area contributed by atoms with E-state index in [4.69, 9.17) is 0 Å². The van der Waals surface area contributed by atoms with Gasteiger partial charge in [-0.1, -0.05) is 42.5 Å². The van der Waals surface area contributed by atoms with Crippen LogP contribution in [-0.4, -0.2) is 31.6 Å². The lowest BCUT2D eigenvalue weighted by Gasteiger charge is -2.21. The van der Waals surface area contributed by atoms with Crippen LogP contribution in [-0.2, 0) is 10.0 Å². The molecule has 1 aliphatic heterocycles. The third-order valence-electron chi connectivity index (χ3n) is 4.43. The van der Waals surface area contributed by atoms with E-state index in [1.165, 1.54) is 5.56 Å². The molecule has 2 aromatic rings. The van der Waals surface area contributed by atoms with E-state index in [0.717, 1.165) is 23.3 Å². The molecular weight excluding hydrogens is 338 g/mol. The Morgan fingerprint density at radius 2 is 1.79 bits per heavy atom. The highest BCUT2D eigenvalue weighted by molar-refractivity contribution is 7.99. The number of rotatable bonds is 3. The average Bonchev–Trinajstić information content (AvgIpc) is 2.84. The predicted molar refractivity (Wildman–Crippen MR) is 101 cm³/mol. The maximum absolute atomic E-state index is 13.1. The first-order chi connectivity index (χ1) is 11.5. The highest BCUT2D eigenvalue weighted by Crippen LogP contribution is 2.35. The highest BCUT2D eigenvalue weighted by Gasteiger charge is 2.29. The number of hydrogen-bond acceptors (Lipinski definition) is 3. The standard InChI is InChI=1S/C19H23NO2S2/c1-15-8-9-16(2)19(14-15)24(21,22)20-11-10-18(23-13-12-20)17-6-4-3-5-7-17/h3-9,14,18H,10-13H2,1-2H3. The minimum atomic E-state index is -3.42. The largest absolute Gasteiger partial charge is 0.243 e. The minimum Gasteiger partial charge on any atom is -0.207 e. The van der Waals surface area contributed by atoms with Gasteiger partial charge in [0.05, 0.1) is 4.90 Å². The molecular formula is C19H23NO2S2. The number of aryl methyl sites for hydroxylation is 2. The van der Waals surface area contributed by atoms with Crippen LogP contribution in [0, 0.1) is 13.8 Å². The lowest BCUT2D eigenvalue weighted by molar-refractivity contribution is 0.427. The first kappa shape index (κ1) is 17.5. The molecule has 1 aliphatic rings. The van der Waals surface area contributed by atoms with E-state index in [9.17, 15) is 8.42 Å². The number of nitrogens with zero attached hydrogens (tertiary/aromatic N) is 1. The Morgan fingerprint density at radius 3 is 2.54 bits per heavy atom. The van der Waals surface area contributed by atoms with Crippen molar-refractivity contribution >= 4 is 21.8 Å². The van der Waals surface area contributed by atoms with Crippen molar-refractivity contribution in [3.63, 3.8) is 0 Å². The predicted octanol–water partition coefficient (Wildman–Crippen LogP) is 4.17. The number of thioether (sulfide) groups is 1. The van der Waals surface area contributed by atoms with Crippen molar-refractivity contribution in [2.45, 2.75) is 30.4 Å². The van der Waals surface area contributed by atoms with Gasteiger partial charge in [-0.3, -0.25) is 0 Å². The summed E-state index contributed by atoms with van der Waals surface area (Å²) < 4.78 is 27.8. The van der Waals surface area contributed by atoms with Crippen LogP contribution < -0.4 is 0 Å². The lowest BCUT2D eigenvalue weighted by Crippen LogP contribution is -2.33. The van der Waals surface area contributed by atoms with Crippen LogP contribution >= 0.6 is 11.8 Å². The zero-order chi connectivity index (χ0) is 17.2. The molecule has 0 spiro atoms. The second kappa shape index (κ2) is 7.30. The molecule has 0 bridgehead atoms. The number of sulfonamides is 1. The van der Waals surface area contributed by atoms with Crippen molar-refractivity contribution in [3.8, 4) is 0 Å². The quantitative estimate of drug-likeness (QED) is 0.823. The van der Waals surface area contributed by atoms with Crippen LogP contribution in [0.1, 0.15) is 28.4 Å². The molecule has 128 valence electrons. The Balaban J connectivity index is 1.81. The second-order valence-electron chi connectivity index (χ2n) is 6.23. The molecule has 0 radical (unpaired) electrons. The third kappa shape index (κ3) is 3.68. The number of hydrogen-bond donors (Lipinski definition) is 0. The van der Waals surface area contributed by atoms with Crippen LogP contribution in [0.25, 0.3) is 0 Å². The summed E-state index contributed by atoms with van der Waals surface area (Å²) in [7, 11) is -3.42. The SMILES string of the molecule is Cc1ccc(C)c(S(=O)(=O)N2CCSC(c3ccccc3)CC2)c1. The van der Waals surface area contributed by atoms with Crippen LogP contribution in [0.5, 0.6) is 0 Å². The van der Waals surface area contributed by atoms with Crippen LogP contribution in [0.4, 0.5) is 0 Å². The fourth-order valence-electron chi connectivity index (χ4n) is 3.05. The first-order valence-electron chi connectivity index (χ1n) is 8.22. The molecule has 0 amide bonds. The molecule has 0 aromatic heterocycles. The van der Waals surface area contributed by atoms with Crippen LogP contribution in [0.15, 0.2) is 53.4 Å². The van der Waals surface area contributed by atoms with Crippen molar-refractivity contribution < 1.29 is 8.42 Å². The molecule has 3 nitrogen and oxygen atoms in total. The molecule has 2 aromatic carbocycles. The second-order valence-corrected chi connectivity index (χ2v) is 9.45. The zero-order valence-corrected chi connectivity index (χ0v) is 15.7. The topological polar surface area (TPSA) is 37.4 Å². The van der Waals surface area contributed by atoms with Gasteiger partial charge in [0.1, 0.15) is 0 Å². The summed E-state index contributed by atoms with van der Waals surface area (Å²) in [6.45, 7) is 4.94. The molecule has 1 unspecified atom stereocenters. The van der Waals surface area contributed by atoms with E-state index in [-0.39, 0.29) is 0 Å². The van der Waals surface area contributed by atoms with Crippen molar-refractivity contribution in [1.82, 2.24) is 4.31 Å². The van der Waals surface area contributed by atoms with Crippen LogP contribution in [0.2, 0.25) is 0 Å². The highest BCUT2D eigenvalue weighted by atomic mass is 32.2. The molecule has 3 rings (SSSR count). The van der Waals surface area contributed by atoms with E-state index in [1.807, 2.05) is 55.9 Å². The Labute approximate surface area is 149 Å². The maximum Gasteiger partial charge on any atom is 0.243 e. The monoisotopic (exact) mass is 361 g/mol. The van der Waals surface area contributed by atoms with Gasteiger partial charge in [-0.15, -0.1) is 0 Å². The van der Waals surface area contributed by atoms with E-state index < -0.39 is 10.0 Å². The molecule has 1 saturated heterocycles. The Kier molecular flexibility index (Phi) is 5.33. The molecule has 0 saturated carbocycles. The van der Waals surface area contributed by atoms with E-state index in [0.29, 0.717) is 23.2 Å². The fraction of sp³-hybridized carbons (Fsp3) is 0.368. The molecule has 24 heavy (non-hydrogen) atoms. The summed E-state index contributed by atoms with van der Waals surface area (Å²) in [6.07, 6.45) is 0.846. The summed E-state index contributed by atoms with van der Waals surface area (Å²) in [4.78, 5) is 0.450. The van der Waals surface area contributed by atoms with Gasteiger partial charge >= 0.3 is 0 Å². The Hall–Kier alpha value is -1.30. The van der Waals surface area contributed by atoms with Gasteiger partial charge in [0.15, 0.2) is 0 Å². The van der Waals surface area contributed by atoms with Gasteiger partial charge in [0, 0.05) is 24.1 Å². The Bertz CT molecular complexity index is 803. The Morgan fingerprint density at radius 1 is 1.04 bits per heavy atom. The van der Waals surface area contributed by atoms with Crippen molar-refractivity contribution in [1.29, 1.82) is 0 Å². The van der Waals surface area contributed by atoms with Crippen molar-refractivity contribution in [2.24, 2.45) is 0 Å². The molecule has 0 aliphatic carbocycles. The maximum atomic E-state index is 13.1. The van der Waals surface area contributed by atoms with Crippen molar-refractivity contribution in [3.05, 3.63) is 65.2 Å². The van der Waals surface area contributed by atoms with E-state index in [2.05, 4.69) is 12.1 Å². The summed E-state index contributed by atoms with van der Waals surface area (Å²) in [5.74, 6) is 0.823. The minimum absolute atomic E-state index is 0.366. The fourth-order valence-corrected chi connectivity index (χ4v) is 6.16. The summed E-state index contributed by atoms with van der Waals surface area (Å²) in [6, 6.07) is 16.0. The van der Waals surface area contributed by atoms with E-state index >= 15 is 0 Å².